The number of hydrogen-bond donors (Lipinski definition) is 1. The van der Waals surface area contributed by atoms with Crippen LogP contribution in [0.1, 0.15) is 35.3 Å². The van der Waals surface area contributed by atoms with Crippen LogP contribution >= 0.6 is 35.6 Å². The van der Waals surface area contributed by atoms with Gasteiger partial charge >= 0.3 is 0 Å². The molecule has 0 bridgehead atoms. The number of benzene rings is 2. The van der Waals surface area contributed by atoms with E-state index in [1.807, 2.05) is 26.0 Å². The van der Waals surface area contributed by atoms with Crippen LogP contribution in [0.4, 0.5) is 0 Å². The van der Waals surface area contributed by atoms with Crippen molar-refractivity contribution >= 4 is 57.8 Å². The molecule has 0 atom stereocenters. The van der Waals surface area contributed by atoms with E-state index in [1.165, 1.54) is 0 Å². The Morgan fingerprint density at radius 2 is 1.91 bits per heavy atom. The smallest absolute Gasteiger partial charge is 0.285 e. The summed E-state index contributed by atoms with van der Waals surface area (Å²) in [5.41, 5.74) is 4.57. The molecule has 1 fully saturated rings. The standard InChI is InChI=1S/C24H23ClN2O4S2/c1-4-7-17-12-15(13-19(30-5-2)21(17)31-6-3)14-20-23(29)27(24(32)33-20)26-22(28)16-8-10-18(25)11-9-16/h4,8-14H,1,5-7H2,2-3H3,(H,26,28)/b20-14+. The second-order valence-corrected chi connectivity index (χ2v) is 8.94. The molecule has 33 heavy (non-hydrogen) atoms. The summed E-state index contributed by atoms with van der Waals surface area (Å²) in [4.78, 5) is 25.9. The van der Waals surface area contributed by atoms with Crippen LogP contribution in [0.5, 0.6) is 11.5 Å². The zero-order valence-electron chi connectivity index (χ0n) is 18.2. The highest BCUT2D eigenvalue weighted by Gasteiger charge is 2.34. The third-order valence-electron chi connectivity index (χ3n) is 4.52. The third kappa shape index (κ3) is 5.96. The van der Waals surface area contributed by atoms with Crippen molar-refractivity contribution < 1.29 is 19.1 Å². The number of rotatable bonds is 9. The van der Waals surface area contributed by atoms with Gasteiger partial charge in [-0.15, -0.1) is 6.58 Å². The highest BCUT2D eigenvalue weighted by Crippen LogP contribution is 2.37. The number of nitrogens with one attached hydrogen (secondary N) is 1. The molecule has 1 N–H and O–H groups in total. The number of hydrazine groups is 1. The molecule has 1 aliphatic rings. The maximum absolute atomic E-state index is 13.0. The van der Waals surface area contributed by atoms with E-state index in [2.05, 4.69) is 12.0 Å². The summed E-state index contributed by atoms with van der Waals surface area (Å²) in [5, 5.41) is 1.59. The van der Waals surface area contributed by atoms with E-state index < -0.39 is 11.8 Å². The number of allylic oxidation sites excluding steroid dienone is 1. The molecule has 2 aromatic rings. The van der Waals surface area contributed by atoms with Crippen molar-refractivity contribution in [3.8, 4) is 11.5 Å². The average molecular weight is 503 g/mol. The van der Waals surface area contributed by atoms with Gasteiger partial charge in [0, 0.05) is 16.1 Å². The van der Waals surface area contributed by atoms with Gasteiger partial charge in [0.1, 0.15) is 0 Å². The number of ether oxygens (including phenoxy) is 2. The molecule has 172 valence electrons. The van der Waals surface area contributed by atoms with Gasteiger partial charge in [-0.1, -0.05) is 29.4 Å². The second kappa shape index (κ2) is 11.4. The Morgan fingerprint density at radius 3 is 2.55 bits per heavy atom. The van der Waals surface area contributed by atoms with Gasteiger partial charge in [0.05, 0.1) is 18.1 Å². The zero-order chi connectivity index (χ0) is 24.0. The topological polar surface area (TPSA) is 67.9 Å². The Hall–Kier alpha value is -2.81. The number of carbonyl (C=O) groups is 2. The number of nitrogens with zero attached hydrogens (tertiary/aromatic N) is 1. The normalized spacial score (nSPS) is 14.5. The van der Waals surface area contributed by atoms with Crippen LogP contribution in [-0.2, 0) is 11.2 Å². The molecule has 0 spiro atoms. The lowest BCUT2D eigenvalue weighted by Gasteiger charge is -2.16. The number of thioether (sulfide) groups is 1. The molecule has 0 unspecified atom stereocenters. The van der Waals surface area contributed by atoms with Crippen molar-refractivity contribution in [1.82, 2.24) is 10.4 Å². The molecular formula is C24H23ClN2O4S2. The molecule has 2 amide bonds. The second-order valence-electron chi connectivity index (χ2n) is 6.83. The molecule has 0 aliphatic carbocycles. The summed E-state index contributed by atoms with van der Waals surface area (Å²) in [6.45, 7) is 8.58. The molecule has 1 heterocycles. The average Bonchev–Trinajstić information content (AvgIpc) is 3.04. The number of amides is 2. The minimum absolute atomic E-state index is 0.232. The Kier molecular flexibility index (Phi) is 8.55. The first kappa shape index (κ1) is 24.8. The summed E-state index contributed by atoms with van der Waals surface area (Å²) >= 11 is 12.3. The number of thiocarbonyl (C=S) groups is 1. The van der Waals surface area contributed by atoms with Gasteiger partial charge in [-0.2, -0.15) is 5.01 Å². The molecule has 3 rings (SSSR count). The van der Waals surface area contributed by atoms with Crippen molar-refractivity contribution in [1.29, 1.82) is 0 Å². The van der Waals surface area contributed by atoms with Crippen LogP contribution in [0.15, 0.2) is 54.0 Å². The van der Waals surface area contributed by atoms with Crippen molar-refractivity contribution in [3.63, 3.8) is 0 Å². The number of halogens is 1. The SMILES string of the molecule is C=CCc1cc(/C=C2/SC(=S)N(NC(=O)c3ccc(Cl)cc3)C2=O)cc(OCC)c1OCC. The third-order valence-corrected chi connectivity index (χ3v) is 6.07. The molecule has 1 saturated heterocycles. The highest BCUT2D eigenvalue weighted by molar-refractivity contribution is 8.26. The molecule has 0 saturated carbocycles. The molecule has 2 aromatic carbocycles. The van der Waals surface area contributed by atoms with Crippen LogP contribution < -0.4 is 14.9 Å². The Balaban J connectivity index is 1.87. The molecule has 0 radical (unpaired) electrons. The summed E-state index contributed by atoms with van der Waals surface area (Å²) < 4.78 is 11.8. The van der Waals surface area contributed by atoms with Gasteiger partial charge in [-0.3, -0.25) is 15.0 Å². The van der Waals surface area contributed by atoms with E-state index in [0.29, 0.717) is 46.6 Å². The monoisotopic (exact) mass is 502 g/mol. The minimum atomic E-state index is -0.461. The van der Waals surface area contributed by atoms with Gasteiger partial charge in [0.25, 0.3) is 11.8 Å². The van der Waals surface area contributed by atoms with Crippen LogP contribution in [0.25, 0.3) is 6.08 Å². The molecule has 6 nitrogen and oxygen atoms in total. The lowest BCUT2D eigenvalue weighted by atomic mass is 10.0. The minimum Gasteiger partial charge on any atom is -0.490 e. The molecule has 1 aliphatic heterocycles. The predicted molar refractivity (Wildman–Crippen MR) is 137 cm³/mol. The van der Waals surface area contributed by atoms with Crippen LogP contribution in [0.3, 0.4) is 0 Å². The first-order valence-corrected chi connectivity index (χ1v) is 11.9. The first-order chi connectivity index (χ1) is 15.9. The van der Waals surface area contributed by atoms with E-state index in [4.69, 9.17) is 33.3 Å². The fourth-order valence-corrected chi connectivity index (χ4v) is 4.43. The number of hydrogen-bond acceptors (Lipinski definition) is 6. The Bertz CT molecular complexity index is 1120. The Morgan fingerprint density at radius 1 is 1.21 bits per heavy atom. The quantitative estimate of drug-likeness (QED) is 0.281. The van der Waals surface area contributed by atoms with Crippen molar-refractivity contribution in [2.45, 2.75) is 20.3 Å². The first-order valence-electron chi connectivity index (χ1n) is 10.3. The van der Waals surface area contributed by atoms with E-state index in [9.17, 15) is 9.59 Å². The maximum Gasteiger partial charge on any atom is 0.285 e. The molecular weight excluding hydrogens is 480 g/mol. The highest BCUT2D eigenvalue weighted by atomic mass is 35.5. The Labute approximate surface area is 207 Å². The number of carbonyl (C=O) groups excluding carboxylic acids is 2. The fourth-order valence-electron chi connectivity index (χ4n) is 3.13. The van der Waals surface area contributed by atoms with Crippen LogP contribution in [0.2, 0.25) is 5.02 Å². The largest absolute Gasteiger partial charge is 0.490 e. The van der Waals surface area contributed by atoms with Gasteiger partial charge in [-0.25, -0.2) is 0 Å². The van der Waals surface area contributed by atoms with Gasteiger partial charge in [0.2, 0.25) is 0 Å². The zero-order valence-corrected chi connectivity index (χ0v) is 20.6. The van der Waals surface area contributed by atoms with Crippen molar-refractivity contribution in [2.75, 3.05) is 13.2 Å². The summed E-state index contributed by atoms with van der Waals surface area (Å²) in [5.74, 6) is 0.386. The van der Waals surface area contributed by atoms with Crippen LogP contribution in [0, 0.1) is 0 Å². The van der Waals surface area contributed by atoms with Gasteiger partial charge in [-0.05, 0) is 80.5 Å². The lowest BCUT2D eigenvalue weighted by Crippen LogP contribution is -2.44. The van der Waals surface area contributed by atoms with Crippen LogP contribution in [-0.4, -0.2) is 34.4 Å². The summed E-state index contributed by atoms with van der Waals surface area (Å²) in [7, 11) is 0. The van der Waals surface area contributed by atoms with Crippen molar-refractivity contribution in [3.05, 3.63) is 75.7 Å². The summed E-state index contributed by atoms with van der Waals surface area (Å²) in [6, 6.07) is 10.1. The fraction of sp³-hybridized carbons (Fsp3) is 0.208. The maximum atomic E-state index is 13.0. The molecule has 9 heteroatoms. The van der Waals surface area contributed by atoms with Gasteiger partial charge < -0.3 is 9.47 Å². The van der Waals surface area contributed by atoms with E-state index in [-0.39, 0.29) is 4.32 Å². The van der Waals surface area contributed by atoms with Crippen molar-refractivity contribution in [2.24, 2.45) is 0 Å². The lowest BCUT2D eigenvalue weighted by molar-refractivity contribution is -0.123. The van der Waals surface area contributed by atoms with E-state index in [0.717, 1.165) is 27.9 Å². The van der Waals surface area contributed by atoms with E-state index >= 15 is 0 Å². The molecule has 0 aromatic heterocycles. The van der Waals surface area contributed by atoms with E-state index in [1.54, 1.807) is 36.4 Å². The summed E-state index contributed by atoms with van der Waals surface area (Å²) in [6.07, 6.45) is 4.08. The van der Waals surface area contributed by atoms with Gasteiger partial charge in [0.15, 0.2) is 15.8 Å². The predicted octanol–water partition coefficient (Wildman–Crippen LogP) is 5.41.